The number of allylic oxidation sites excluding steroid dienone is 1. The van der Waals surface area contributed by atoms with Gasteiger partial charge in [-0.2, -0.15) is 13.7 Å². The van der Waals surface area contributed by atoms with E-state index in [4.69, 9.17) is 43.7 Å². The molecule has 164 valence electrons. The normalized spacial score (nSPS) is 11.7. The first-order valence-corrected chi connectivity index (χ1v) is 12.1. The van der Waals surface area contributed by atoms with E-state index < -0.39 is 10.1 Å². The maximum absolute atomic E-state index is 12.7. The molecule has 0 radical (unpaired) electrons. The zero-order chi connectivity index (χ0) is 23.5. The van der Waals surface area contributed by atoms with Gasteiger partial charge in [0, 0.05) is 15.6 Å². The predicted octanol–water partition coefficient (Wildman–Crippen LogP) is 7.25. The first-order valence-electron chi connectivity index (χ1n) is 8.79. The average molecular weight is 574 g/mol. The highest BCUT2D eigenvalue weighted by atomic mass is 79.9. The highest BCUT2D eigenvalue weighted by Gasteiger charge is 2.22. The number of hydrogen-bond acceptors (Lipinski definition) is 5. The van der Waals surface area contributed by atoms with Crippen LogP contribution >= 0.6 is 50.7 Å². The van der Waals surface area contributed by atoms with Crippen molar-refractivity contribution in [3.8, 4) is 17.6 Å². The van der Waals surface area contributed by atoms with Gasteiger partial charge in [-0.05, 0) is 76.1 Å². The van der Waals surface area contributed by atoms with Gasteiger partial charge in [0.15, 0.2) is 11.5 Å². The van der Waals surface area contributed by atoms with Gasteiger partial charge in [0.1, 0.15) is 4.90 Å². The molecule has 3 aromatic carbocycles. The number of nitriles is 1. The molecule has 0 aromatic heterocycles. The van der Waals surface area contributed by atoms with E-state index in [0.717, 1.165) is 0 Å². The minimum atomic E-state index is -4.14. The van der Waals surface area contributed by atoms with Crippen molar-refractivity contribution in [1.82, 2.24) is 0 Å². The molecule has 0 saturated carbocycles. The van der Waals surface area contributed by atoms with Gasteiger partial charge in [0.2, 0.25) is 0 Å². The number of halogens is 4. The third-order valence-electron chi connectivity index (χ3n) is 4.20. The van der Waals surface area contributed by atoms with E-state index in [-0.39, 0.29) is 22.0 Å². The van der Waals surface area contributed by atoms with E-state index in [9.17, 15) is 13.7 Å². The number of nitrogens with zero attached hydrogens (tertiary/aromatic N) is 1. The van der Waals surface area contributed by atoms with Crippen molar-refractivity contribution < 1.29 is 17.3 Å². The fraction of sp³-hybridized carbons (Fsp3) is 0.0455. The summed E-state index contributed by atoms with van der Waals surface area (Å²) in [6, 6.07) is 15.6. The summed E-state index contributed by atoms with van der Waals surface area (Å²) in [6.45, 7) is 0. The van der Waals surface area contributed by atoms with Crippen LogP contribution < -0.4 is 8.92 Å². The van der Waals surface area contributed by atoms with Gasteiger partial charge in [0.25, 0.3) is 0 Å². The van der Waals surface area contributed by atoms with Crippen LogP contribution in [0.5, 0.6) is 11.5 Å². The van der Waals surface area contributed by atoms with Crippen molar-refractivity contribution in [3.05, 3.63) is 85.3 Å². The van der Waals surface area contributed by atoms with Crippen LogP contribution in [0.3, 0.4) is 0 Å². The zero-order valence-electron chi connectivity index (χ0n) is 16.3. The van der Waals surface area contributed by atoms with E-state index in [1.807, 2.05) is 0 Å². The van der Waals surface area contributed by atoms with E-state index in [0.29, 0.717) is 30.7 Å². The molecular weight excluding hydrogens is 561 g/mol. The summed E-state index contributed by atoms with van der Waals surface area (Å²) in [5, 5.41) is 10.8. The fourth-order valence-corrected chi connectivity index (χ4v) is 4.95. The SMILES string of the molecule is COc1cc(/C=C(\C#N)c2ccc(Cl)cc2Cl)cc(Br)c1OS(=O)(=O)c1ccc(Cl)cc1. The molecule has 0 heterocycles. The Morgan fingerprint density at radius 3 is 2.28 bits per heavy atom. The predicted molar refractivity (Wildman–Crippen MR) is 130 cm³/mol. The van der Waals surface area contributed by atoms with Gasteiger partial charge in [-0.1, -0.05) is 40.9 Å². The summed E-state index contributed by atoms with van der Waals surface area (Å²) < 4.78 is 36.3. The number of hydrogen-bond donors (Lipinski definition) is 0. The van der Waals surface area contributed by atoms with E-state index >= 15 is 0 Å². The number of benzene rings is 3. The number of methoxy groups -OCH3 is 1. The molecule has 0 spiro atoms. The van der Waals surface area contributed by atoms with Crippen LogP contribution in [-0.2, 0) is 10.1 Å². The Bertz CT molecular complexity index is 1350. The molecule has 0 fully saturated rings. The van der Waals surface area contributed by atoms with Crippen LogP contribution in [0.4, 0.5) is 0 Å². The number of rotatable bonds is 6. The molecule has 32 heavy (non-hydrogen) atoms. The van der Waals surface area contributed by atoms with Crippen LogP contribution in [0.1, 0.15) is 11.1 Å². The third kappa shape index (κ3) is 5.58. The minimum Gasteiger partial charge on any atom is -0.493 e. The van der Waals surface area contributed by atoms with Gasteiger partial charge in [-0.25, -0.2) is 0 Å². The van der Waals surface area contributed by atoms with Crippen LogP contribution in [0.15, 0.2) is 64.0 Å². The van der Waals surface area contributed by atoms with Crippen molar-refractivity contribution in [2.24, 2.45) is 0 Å². The summed E-state index contributed by atoms with van der Waals surface area (Å²) in [4.78, 5) is -0.0658. The summed E-state index contributed by atoms with van der Waals surface area (Å²) in [7, 11) is -2.77. The van der Waals surface area contributed by atoms with Crippen molar-refractivity contribution >= 4 is 72.5 Å². The second-order valence-electron chi connectivity index (χ2n) is 6.32. The number of ether oxygens (including phenoxy) is 1. The van der Waals surface area contributed by atoms with Crippen LogP contribution in [0, 0.1) is 11.3 Å². The topological polar surface area (TPSA) is 76.4 Å². The second kappa shape index (κ2) is 10.2. The highest BCUT2D eigenvalue weighted by Crippen LogP contribution is 2.39. The van der Waals surface area contributed by atoms with Gasteiger partial charge >= 0.3 is 10.1 Å². The third-order valence-corrected chi connectivity index (χ3v) is 6.82. The minimum absolute atomic E-state index is 0.0392. The lowest BCUT2D eigenvalue weighted by molar-refractivity contribution is 0.389. The molecule has 0 N–H and O–H groups in total. The molecule has 0 aliphatic rings. The Balaban J connectivity index is 2.02. The molecule has 0 saturated heterocycles. The fourth-order valence-electron chi connectivity index (χ4n) is 2.71. The molecule has 0 bridgehead atoms. The smallest absolute Gasteiger partial charge is 0.339 e. The first-order chi connectivity index (χ1) is 15.1. The molecule has 0 atom stereocenters. The Labute approximate surface area is 209 Å². The standard InChI is InChI=1S/C22H13BrCl3NO4S/c1-30-21-10-13(8-14(12-27)18-7-4-16(25)11-20(18)26)9-19(23)22(21)31-32(28,29)17-5-2-15(24)3-6-17/h2-11H,1H3/b14-8+. The summed E-state index contributed by atoms with van der Waals surface area (Å²) >= 11 is 21.3. The van der Waals surface area contributed by atoms with E-state index in [2.05, 4.69) is 22.0 Å². The van der Waals surface area contributed by atoms with Crippen molar-refractivity contribution in [2.75, 3.05) is 7.11 Å². The van der Waals surface area contributed by atoms with Crippen LogP contribution in [0.25, 0.3) is 11.6 Å². The monoisotopic (exact) mass is 571 g/mol. The highest BCUT2D eigenvalue weighted by molar-refractivity contribution is 9.10. The molecule has 0 aliphatic carbocycles. The van der Waals surface area contributed by atoms with Gasteiger partial charge in [-0.15, -0.1) is 0 Å². The van der Waals surface area contributed by atoms with Crippen LogP contribution in [0.2, 0.25) is 15.1 Å². The lowest BCUT2D eigenvalue weighted by atomic mass is 10.0. The van der Waals surface area contributed by atoms with E-state index in [1.165, 1.54) is 31.4 Å². The lowest BCUT2D eigenvalue weighted by Crippen LogP contribution is -2.11. The summed E-state index contributed by atoms with van der Waals surface area (Å²) in [5.41, 5.74) is 1.33. The first kappa shape index (κ1) is 24.4. The van der Waals surface area contributed by atoms with Crippen molar-refractivity contribution in [2.45, 2.75) is 4.90 Å². The maximum Gasteiger partial charge on any atom is 0.339 e. The van der Waals surface area contributed by atoms with Crippen molar-refractivity contribution in [3.63, 3.8) is 0 Å². The zero-order valence-corrected chi connectivity index (χ0v) is 20.9. The average Bonchev–Trinajstić information content (AvgIpc) is 2.74. The quantitative estimate of drug-likeness (QED) is 0.176. The molecule has 0 aliphatic heterocycles. The van der Waals surface area contributed by atoms with Gasteiger partial charge in [-0.3, -0.25) is 0 Å². The Kier molecular flexibility index (Phi) is 7.75. The maximum atomic E-state index is 12.7. The Hall–Kier alpha value is -2.21. The molecule has 0 amide bonds. The van der Waals surface area contributed by atoms with Gasteiger partial charge in [0.05, 0.1) is 28.2 Å². The molecule has 3 aromatic rings. The lowest BCUT2D eigenvalue weighted by Gasteiger charge is -2.14. The molecular formula is C22H13BrCl3NO4S. The molecule has 10 heteroatoms. The second-order valence-corrected chi connectivity index (χ2v) is 10.0. The Morgan fingerprint density at radius 2 is 1.69 bits per heavy atom. The summed E-state index contributed by atoms with van der Waals surface area (Å²) in [6.07, 6.45) is 1.58. The molecule has 3 rings (SSSR count). The van der Waals surface area contributed by atoms with E-state index in [1.54, 1.807) is 36.4 Å². The van der Waals surface area contributed by atoms with Crippen LogP contribution in [-0.4, -0.2) is 15.5 Å². The molecule has 5 nitrogen and oxygen atoms in total. The van der Waals surface area contributed by atoms with Gasteiger partial charge < -0.3 is 8.92 Å². The Morgan fingerprint density at radius 1 is 1.03 bits per heavy atom. The summed E-state index contributed by atoms with van der Waals surface area (Å²) in [5.74, 6) is 0.102. The van der Waals surface area contributed by atoms with Crippen molar-refractivity contribution in [1.29, 1.82) is 5.26 Å². The largest absolute Gasteiger partial charge is 0.493 e. The molecule has 0 unspecified atom stereocenters.